The van der Waals surface area contributed by atoms with Crippen LogP contribution in [0, 0.1) is 56.2 Å². The molecule has 8 atom stereocenters. The molecule has 0 aromatic carbocycles. The van der Waals surface area contributed by atoms with Gasteiger partial charge in [-0.2, -0.15) is 5.26 Å². The van der Waals surface area contributed by atoms with E-state index in [-0.39, 0.29) is 57.1 Å². The van der Waals surface area contributed by atoms with Crippen LogP contribution in [-0.2, 0) is 14.3 Å². The number of nitrogens with zero attached hydrogens (tertiary/aromatic N) is 1. The number of nitriles is 1. The van der Waals surface area contributed by atoms with Gasteiger partial charge >= 0.3 is 5.97 Å². The van der Waals surface area contributed by atoms with Crippen molar-refractivity contribution in [2.75, 3.05) is 7.11 Å². The summed E-state index contributed by atoms with van der Waals surface area (Å²) in [7, 11) is 1.47. The first-order valence-corrected chi connectivity index (χ1v) is 13.9. The zero-order chi connectivity index (χ0) is 27.4. The first-order valence-electron chi connectivity index (χ1n) is 13.9. The topological polar surface area (TPSA) is 108 Å². The SMILES string of the molecule is COC(=O)[C@]12CCC(C)(C)C[C@H]1[C@H]1C(=O)C=C3[C@@]4(C)CC(C#N)=C(O)[C@](C)(O)C4CC[C@@]3(C)[C@]1(C)CC2. The van der Waals surface area contributed by atoms with Crippen LogP contribution in [0.5, 0.6) is 0 Å². The van der Waals surface area contributed by atoms with Gasteiger partial charge in [0.1, 0.15) is 11.4 Å². The highest BCUT2D eigenvalue weighted by Gasteiger charge is 2.71. The van der Waals surface area contributed by atoms with Gasteiger partial charge in [0, 0.05) is 17.3 Å². The molecule has 5 aliphatic carbocycles. The Labute approximate surface area is 221 Å². The fourth-order valence-electron chi connectivity index (χ4n) is 10.1. The minimum atomic E-state index is -1.53. The van der Waals surface area contributed by atoms with E-state index in [0.717, 1.165) is 37.7 Å². The number of hydrogen-bond donors (Lipinski definition) is 2. The van der Waals surface area contributed by atoms with Crippen LogP contribution in [0.4, 0.5) is 0 Å². The van der Waals surface area contributed by atoms with Crippen molar-refractivity contribution in [3.63, 3.8) is 0 Å². The van der Waals surface area contributed by atoms with Crippen molar-refractivity contribution in [1.82, 2.24) is 0 Å². The average molecular weight is 510 g/mol. The Bertz CT molecular complexity index is 1170. The minimum Gasteiger partial charge on any atom is -0.508 e. The molecule has 5 rings (SSSR count). The van der Waals surface area contributed by atoms with E-state index in [2.05, 4.69) is 40.7 Å². The van der Waals surface area contributed by atoms with Gasteiger partial charge in [-0.3, -0.25) is 9.59 Å². The number of ether oxygens (including phenoxy) is 1. The smallest absolute Gasteiger partial charge is 0.312 e. The first-order chi connectivity index (χ1) is 17.0. The quantitative estimate of drug-likeness (QED) is 0.432. The second-order valence-electron chi connectivity index (χ2n) is 14.6. The predicted molar refractivity (Wildman–Crippen MR) is 139 cm³/mol. The monoisotopic (exact) mass is 509 g/mol. The highest BCUT2D eigenvalue weighted by atomic mass is 16.5. The Kier molecular flexibility index (Phi) is 5.52. The van der Waals surface area contributed by atoms with Gasteiger partial charge in [-0.05, 0) is 86.5 Å². The van der Waals surface area contributed by atoms with Gasteiger partial charge in [0.2, 0.25) is 0 Å². The molecule has 0 aromatic rings. The molecule has 0 aromatic heterocycles. The Morgan fingerprint density at radius 3 is 2.35 bits per heavy atom. The lowest BCUT2D eigenvalue weighted by atomic mass is 9.34. The van der Waals surface area contributed by atoms with Crippen molar-refractivity contribution in [3.8, 4) is 6.07 Å². The summed E-state index contributed by atoms with van der Waals surface area (Å²) in [6.07, 6.45) is 7.60. The van der Waals surface area contributed by atoms with Crippen molar-refractivity contribution in [3.05, 3.63) is 23.0 Å². The third kappa shape index (κ3) is 3.13. The molecule has 0 aliphatic heterocycles. The number of aliphatic hydroxyl groups is 2. The van der Waals surface area contributed by atoms with Crippen LogP contribution in [0.2, 0.25) is 0 Å². The molecule has 5 aliphatic rings. The molecule has 37 heavy (non-hydrogen) atoms. The van der Waals surface area contributed by atoms with E-state index in [1.165, 1.54) is 7.11 Å². The van der Waals surface area contributed by atoms with Crippen LogP contribution in [0.3, 0.4) is 0 Å². The van der Waals surface area contributed by atoms with Crippen LogP contribution < -0.4 is 0 Å². The van der Waals surface area contributed by atoms with Crippen molar-refractivity contribution in [1.29, 1.82) is 5.26 Å². The molecule has 0 amide bonds. The van der Waals surface area contributed by atoms with E-state index in [1.54, 1.807) is 6.92 Å². The lowest BCUT2D eigenvalue weighted by molar-refractivity contribution is -0.193. The molecule has 6 nitrogen and oxygen atoms in total. The zero-order valence-corrected chi connectivity index (χ0v) is 23.5. The van der Waals surface area contributed by atoms with Gasteiger partial charge in [-0.1, -0.05) is 40.2 Å². The highest BCUT2D eigenvalue weighted by molar-refractivity contribution is 5.96. The summed E-state index contributed by atoms with van der Waals surface area (Å²) in [6.45, 7) is 12.7. The van der Waals surface area contributed by atoms with E-state index >= 15 is 0 Å². The summed E-state index contributed by atoms with van der Waals surface area (Å²) in [5, 5.41) is 32.0. The Hall–Kier alpha value is -2.13. The molecule has 0 saturated heterocycles. The van der Waals surface area contributed by atoms with E-state index < -0.39 is 16.4 Å². The molecule has 3 fully saturated rings. The summed E-state index contributed by atoms with van der Waals surface area (Å²) in [6, 6.07) is 2.13. The highest BCUT2D eigenvalue weighted by Crippen LogP contribution is 2.74. The van der Waals surface area contributed by atoms with E-state index in [9.17, 15) is 25.1 Å². The van der Waals surface area contributed by atoms with Crippen molar-refractivity contribution in [2.45, 2.75) is 98.5 Å². The Morgan fingerprint density at radius 1 is 1.08 bits per heavy atom. The maximum atomic E-state index is 14.3. The minimum absolute atomic E-state index is 0.0430. The number of esters is 1. The molecule has 0 radical (unpaired) electrons. The summed E-state index contributed by atoms with van der Waals surface area (Å²) < 4.78 is 5.39. The number of allylic oxidation sites excluding steroid dienone is 3. The van der Waals surface area contributed by atoms with Gasteiger partial charge in [0.15, 0.2) is 5.78 Å². The summed E-state index contributed by atoms with van der Waals surface area (Å²) >= 11 is 0. The molecule has 202 valence electrons. The number of hydrogen-bond acceptors (Lipinski definition) is 6. The molecular weight excluding hydrogens is 466 g/mol. The van der Waals surface area contributed by atoms with E-state index in [1.807, 2.05) is 6.08 Å². The predicted octanol–water partition coefficient (Wildman–Crippen LogP) is 5.81. The van der Waals surface area contributed by atoms with Crippen LogP contribution in [-0.4, -0.2) is 34.7 Å². The van der Waals surface area contributed by atoms with Crippen LogP contribution >= 0.6 is 0 Å². The lowest BCUT2D eigenvalue weighted by Gasteiger charge is -2.69. The summed E-state index contributed by atoms with van der Waals surface area (Å²) in [5.41, 5.74) is -2.20. The molecule has 3 saturated carbocycles. The number of aliphatic hydroxyl groups excluding tert-OH is 1. The Balaban J connectivity index is 1.68. The maximum absolute atomic E-state index is 14.3. The number of fused-ring (bicyclic) bond motifs is 7. The fourth-order valence-corrected chi connectivity index (χ4v) is 10.1. The molecule has 6 heteroatoms. The summed E-state index contributed by atoms with van der Waals surface area (Å²) in [4.78, 5) is 27.7. The van der Waals surface area contributed by atoms with E-state index in [0.29, 0.717) is 19.3 Å². The first kappa shape index (κ1) is 26.5. The normalized spacial score (nSPS) is 48.5. The number of methoxy groups -OCH3 is 1. The molecular formula is C31H43NO5. The summed E-state index contributed by atoms with van der Waals surface area (Å²) in [5.74, 6) is -0.973. The fraction of sp³-hybridized carbons (Fsp3) is 0.774. The largest absolute Gasteiger partial charge is 0.508 e. The van der Waals surface area contributed by atoms with Crippen LogP contribution in [0.1, 0.15) is 92.9 Å². The van der Waals surface area contributed by atoms with Gasteiger partial charge < -0.3 is 14.9 Å². The standard InChI is InChI=1S/C31H43NO5/c1-26(2)10-12-31(25(35)37-7)13-11-29(5)23(19(31)16-26)20(33)14-22-27(3)15-18(17-32)24(34)30(6,36)21(27)8-9-28(22,29)4/h14,19,21,23,34,36H,8-13,15-16H2,1-7H3/t19-,21?,23-,27-,28+,29+,30+,31-/m0/s1. The van der Waals surface area contributed by atoms with Crippen molar-refractivity contribution in [2.24, 2.45) is 44.8 Å². The Morgan fingerprint density at radius 2 is 1.73 bits per heavy atom. The molecule has 0 bridgehead atoms. The number of carbonyl (C=O) groups excluding carboxylic acids is 2. The second-order valence-corrected chi connectivity index (χ2v) is 14.6. The third-order valence-electron chi connectivity index (χ3n) is 12.4. The average Bonchev–Trinajstić information content (AvgIpc) is 2.82. The van der Waals surface area contributed by atoms with Crippen LogP contribution in [0.25, 0.3) is 0 Å². The molecule has 2 N–H and O–H groups in total. The number of rotatable bonds is 1. The lowest BCUT2D eigenvalue weighted by Crippen LogP contribution is -2.66. The second kappa shape index (κ2) is 7.72. The van der Waals surface area contributed by atoms with Gasteiger partial charge in [0.05, 0.1) is 24.2 Å². The third-order valence-corrected chi connectivity index (χ3v) is 12.4. The zero-order valence-electron chi connectivity index (χ0n) is 23.5. The number of ketones is 1. The molecule has 0 spiro atoms. The van der Waals surface area contributed by atoms with Gasteiger partial charge in [0.25, 0.3) is 0 Å². The molecule has 0 heterocycles. The van der Waals surface area contributed by atoms with Crippen LogP contribution in [0.15, 0.2) is 23.0 Å². The maximum Gasteiger partial charge on any atom is 0.312 e. The van der Waals surface area contributed by atoms with E-state index in [4.69, 9.17) is 4.74 Å². The van der Waals surface area contributed by atoms with Gasteiger partial charge in [-0.25, -0.2) is 0 Å². The number of carbonyl (C=O) groups is 2. The molecule has 1 unspecified atom stereocenters. The van der Waals surface area contributed by atoms with Crippen molar-refractivity contribution < 1.29 is 24.5 Å². The van der Waals surface area contributed by atoms with Crippen molar-refractivity contribution >= 4 is 11.8 Å². The van der Waals surface area contributed by atoms with Gasteiger partial charge in [-0.15, -0.1) is 0 Å².